The molecule has 0 spiro atoms. The summed E-state index contributed by atoms with van der Waals surface area (Å²) in [4.78, 5) is 19.0. The highest BCUT2D eigenvalue weighted by Crippen LogP contribution is 2.31. The van der Waals surface area contributed by atoms with Gasteiger partial charge in [-0.1, -0.05) is 19.1 Å². The number of thiazole rings is 1. The van der Waals surface area contributed by atoms with Gasteiger partial charge in [0.05, 0.1) is 5.56 Å². The van der Waals surface area contributed by atoms with Crippen molar-refractivity contribution in [2.75, 3.05) is 6.54 Å². The Bertz CT molecular complexity index is 671. The highest BCUT2D eigenvalue weighted by atomic mass is 32.1. The maximum atomic E-state index is 14.4. The number of amides is 1. The van der Waals surface area contributed by atoms with Gasteiger partial charge in [-0.05, 0) is 31.7 Å². The van der Waals surface area contributed by atoms with E-state index in [1.807, 2.05) is 17.2 Å². The van der Waals surface area contributed by atoms with Crippen molar-refractivity contribution in [1.82, 2.24) is 9.88 Å². The summed E-state index contributed by atoms with van der Waals surface area (Å²) in [7, 11) is 0. The molecule has 3 rings (SSSR count). The van der Waals surface area contributed by atoms with Crippen molar-refractivity contribution >= 4 is 17.2 Å². The highest BCUT2D eigenvalue weighted by molar-refractivity contribution is 7.13. The van der Waals surface area contributed by atoms with E-state index in [1.54, 1.807) is 18.3 Å². The van der Waals surface area contributed by atoms with E-state index < -0.39 is 5.82 Å². The third-order valence-corrected chi connectivity index (χ3v) is 5.08. The van der Waals surface area contributed by atoms with Crippen molar-refractivity contribution < 1.29 is 9.18 Å². The largest absolute Gasteiger partial charge is 0.336 e. The molecular formula is C17H19FN2OS. The molecular weight excluding hydrogens is 299 g/mol. The SMILES string of the molecule is CC1CC[C@@H](C)N(C(=O)c2c(F)cccc2-c2nccs2)C1. The number of carbonyl (C=O) groups excluding carboxylic acids is 1. The van der Waals surface area contributed by atoms with Crippen LogP contribution >= 0.6 is 11.3 Å². The van der Waals surface area contributed by atoms with Gasteiger partial charge in [0.1, 0.15) is 10.8 Å². The zero-order chi connectivity index (χ0) is 15.7. The number of rotatable bonds is 2. The van der Waals surface area contributed by atoms with Crippen molar-refractivity contribution in [1.29, 1.82) is 0 Å². The number of halogens is 1. The predicted molar refractivity (Wildman–Crippen MR) is 86.4 cm³/mol. The van der Waals surface area contributed by atoms with Crippen LogP contribution in [0.3, 0.4) is 0 Å². The average Bonchev–Trinajstić information content (AvgIpc) is 3.03. The summed E-state index contributed by atoms with van der Waals surface area (Å²) in [6.45, 7) is 4.86. The summed E-state index contributed by atoms with van der Waals surface area (Å²) in [5, 5.41) is 2.51. The standard InChI is InChI=1S/C17H19FN2OS/c1-11-6-7-12(2)20(10-11)17(21)15-13(4-3-5-14(15)18)16-19-8-9-22-16/h3-5,8-9,11-12H,6-7,10H2,1-2H3/t11?,12-/m1/s1. The zero-order valence-corrected chi connectivity index (χ0v) is 13.6. The van der Waals surface area contributed by atoms with Gasteiger partial charge in [0.15, 0.2) is 0 Å². The van der Waals surface area contributed by atoms with E-state index in [-0.39, 0.29) is 17.5 Å². The van der Waals surface area contributed by atoms with Crippen LogP contribution in [0.25, 0.3) is 10.6 Å². The van der Waals surface area contributed by atoms with Crippen molar-refractivity contribution in [3.8, 4) is 10.6 Å². The van der Waals surface area contributed by atoms with E-state index in [4.69, 9.17) is 0 Å². The molecule has 0 radical (unpaired) electrons. The Labute approximate surface area is 133 Å². The summed E-state index contributed by atoms with van der Waals surface area (Å²) >= 11 is 1.42. The molecule has 0 N–H and O–H groups in total. The van der Waals surface area contributed by atoms with Gasteiger partial charge < -0.3 is 4.90 Å². The van der Waals surface area contributed by atoms with Crippen LogP contribution in [-0.4, -0.2) is 28.4 Å². The minimum absolute atomic E-state index is 0.146. The van der Waals surface area contributed by atoms with Crippen LogP contribution in [-0.2, 0) is 0 Å². The molecule has 2 aromatic rings. The summed E-state index contributed by atoms with van der Waals surface area (Å²) < 4.78 is 14.4. The molecule has 0 bridgehead atoms. The molecule has 1 fully saturated rings. The Kier molecular flexibility index (Phi) is 4.25. The first-order chi connectivity index (χ1) is 10.6. The number of carbonyl (C=O) groups is 1. The number of likely N-dealkylation sites (tertiary alicyclic amines) is 1. The lowest BCUT2D eigenvalue weighted by Crippen LogP contribution is -2.45. The first-order valence-electron chi connectivity index (χ1n) is 7.57. The quantitative estimate of drug-likeness (QED) is 0.831. The first kappa shape index (κ1) is 15.2. The van der Waals surface area contributed by atoms with Crippen LogP contribution in [0.4, 0.5) is 4.39 Å². The lowest BCUT2D eigenvalue weighted by molar-refractivity contribution is 0.0570. The fourth-order valence-corrected chi connectivity index (χ4v) is 3.66. The minimum Gasteiger partial charge on any atom is -0.336 e. The van der Waals surface area contributed by atoms with Crippen molar-refractivity contribution in [3.05, 3.63) is 41.2 Å². The third kappa shape index (κ3) is 2.77. The summed E-state index contributed by atoms with van der Waals surface area (Å²) in [6, 6.07) is 4.90. The van der Waals surface area contributed by atoms with Crippen molar-refractivity contribution in [2.24, 2.45) is 5.92 Å². The molecule has 1 aliphatic rings. The van der Waals surface area contributed by atoms with Crippen molar-refractivity contribution in [3.63, 3.8) is 0 Å². The fraction of sp³-hybridized carbons (Fsp3) is 0.412. The number of hydrogen-bond acceptors (Lipinski definition) is 3. The molecule has 2 atom stereocenters. The topological polar surface area (TPSA) is 33.2 Å². The monoisotopic (exact) mass is 318 g/mol. The molecule has 2 heterocycles. The second kappa shape index (κ2) is 6.16. The van der Waals surface area contributed by atoms with Gasteiger partial charge in [0.2, 0.25) is 0 Å². The number of piperidine rings is 1. The molecule has 3 nitrogen and oxygen atoms in total. The van der Waals surface area contributed by atoms with Gasteiger partial charge in [-0.2, -0.15) is 0 Å². The number of benzene rings is 1. The molecule has 1 aromatic carbocycles. The van der Waals surface area contributed by atoms with Gasteiger partial charge in [0, 0.05) is 29.7 Å². The van der Waals surface area contributed by atoms with Crippen molar-refractivity contribution in [2.45, 2.75) is 32.7 Å². The van der Waals surface area contributed by atoms with Crippen LogP contribution < -0.4 is 0 Å². The Morgan fingerprint density at radius 2 is 2.18 bits per heavy atom. The normalized spacial score (nSPS) is 21.9. The van der Waals surface area contributed by atoms with Gasteiger partial charge in [0.25, 0.3) is 5.91 Å². The zero-order valence-electron chi connectivity index (χ0n) is 12.8. The molecule has 1 saturated heterocycles. The van der Waals surface area contributed by atoms with E-state index in [2.05, 4.69) is 11.9 Å². The molecule has 1 aromatic heterocycles. The van der Waals surface area contributed by atoms with E-state index >= 15 is 0 Å². The highest BCUT2D eigenvalue weighted by Gasteiger charge is 2.31. The van der Waals surface area contributed by atoms with Gasteiger partial charge in [-0.15, -0.1) is 11.3 Å². The van der Waals surface area contributed by atoms with Crippen LogP contribution in [0.1, 0.15) is 37.0 Å². The van der Waals surface area contributed by atoms with Gasteiger partial charge in [-0.25, -0.2) is 9.37 Å². The summed E-state index contributed by atoms with van der Waals surface area (Å²) in [5.41, 5.74) is 0.740. The molecule has 0 aliphatic carbocycles. The first-order valence-corrected chi connectivity index (χ1v) is 8.45. The summed E-state index contributed by atoms with van der Waals surface area (Å²) in [5.74, 6) is -0.235. The number of aromatic nitrogens is 1. The Hall–Kier alpha value is -1.75. The fourth-order valence-electron chi connectivity index (χ4n) is 2.99. The second-order valence-corrected chi connectivity index (χ2v) is 6.88. The summed E-state index contributed by atoms with van der Waals surface area (Å²) in [6.07, 6.45) is 3.75. The minimum atomic E-state index is -0.469. The maximum Gasteiger partial charge on any atom is 0.257 e. The Morgan fingerprint density at radius 3 is 2.91 bits per heavy atom. The second-order valence-electron chi connectivity index (χ2n) is 5.99. The number of nitrogens with zero attached hydrogens (tertiary/aromatic N) is 2. The van der Waals surface area contributed by atoms with E-state index in [9.17, 15) is 9.18 Å². The molecule has 116 valence electrons. The number of hydrogen-bond donors (Lipinski definition) is 0. The molecule has 1 amide bonds. The van der Waals surface area contributed by atoms with E-state index in [0.29, 0.717) is 23.0 Å². The third-order valence-electron chi connectivity index (χ3n) is 4.27. The van der Waals surface area contributed by atoms with Crippen LogP contribution in [0, 0.1) is 11.7 Å². The lowest BCUT2D eigenvalue weighted by atomic mass is 9.93. The predicted octanol–water partition coefficient (Wildman–Crippen LogP) is 4.21. The Morgan fingerprint density at radius 1 is 1.36 bits per heavy atom. The van der Waals surface area contributed by atoms with Crippen LogP contribution in [0.5, 0.6) is 0 Å². The van der Waals surface area contributed by atoms with Gasteiger partial charge >= 0.3 is 0 Å². The van der Waals surface area contributed by atoms with Crippen LogP contribution in [0.2, 0.25) is 0 Å². The van der Waals surface area contributed by atoms with Crippen LogP contribution in [0.15, 0.2) is 29.8 Å². The molecule has 1 aliphatic heterocycles. The Balaban J connectivity index is 2.02. The lowest BCUT2D eigenvalue weighted by Gasteiger charge is -2.37. The van der Waals surface area contributed by atoms with Gasteiger partial charge in [-0.3, -0.25) is 4.79 Å². The molecule has 1 unspecified atom stereocenters. The maximum absolute atomic E-state index is 14.4. The van der Waals surface area contributed by atoms with E-state index in [0.717, 1.165) is 12.8 Å². The van der Waals surface area contributed by atoms with E-state index in [1.165, 1.54) is 17.4 Å². The molecule has 22 heavy (non-hydrogen) atoms. The average molecular weight is 318 g/mol. The molecule has 0 saturated carbocycles. The molecule has 5 heteroatoms. The smallest absolute Gasteiger partial charge is 0.257 e.